The SMILES string of the molecule is C=CCOC(=O)c1nnn(Cc2ccc(OC)cc2)c1C. The summed E-state index contributed by atoms with van der Waals surface area (Å²) in [6.45, 7) is 5.96. The zero-order chi connectivity index (χ0) is 15.2. The number of benzene rings is 1. The van der Waals surface area contributed by atoms with Crippen molar-refractivity contribution >= 4 is 5.97 Å². The molecule has 0 aliphatic rings. The number of carbonyl (C=O) groups excluding carboxylic acids is 1. The summed E-state index contributed by atoms with van der Waals surface area (Å²) in [4.78, 5) is 11.8. The third-order valence-electron chi connectivity index (χ3n) is 3.00. The Bertz CT molecular complexity index is 632. The molecular formula is C15H17N3O3. The molecule has 0 spiro atoms. The summed E-state index contributed by atoms with van der Waals surface area (Å²) in [6, 6.07) is 7.63. The Morgan fingerprint density at radius 1 is 1.38 bits per heavy atom. The standard InChI is InChI=1S/C15H17N3O3/c1-4-9-21-15(19)14-11(2)18(17-16-14)10-12-5-7-13(20-3)8-6-12/h4-8H,1,9-10H2,2-3H3. The fourth-order valence-electron chi connectivity index (χ4n) is 1.81. The minimum atomic E-state index is -0.492. The first-order valence-electron chi connectivity index (χ1n) is 6.46. The predicted octanol–water partition coefficient (Wildman–Crippen LogP) is 1.99. The Kier molecular flexibility index (Phi) is 4.71. The monoisotopic (exact) mass is 287 g/mol. The first kappa shape index (κ1) is 14.8. The Morgan fingerprint density at radius 3 is 2.71 bits per heavy atom. The van der Waals surface area contributed by atoms with E-state index in [2.05, 4.69) is 16.9 Å². The second-order valence-electron chi connectivity index (χ2n) is 4.42. The summed E-state index contributed by atoms with van der Waals surface area (Å²) in [6.07, 6.45) is 1.51. The Labute approximate surface area is 123 Å². The lowest BCUT2D eigenvalue weighted by Gasteiger charge is -2.05. The van der Waals surface area contributed by atoms with Gasteiger partial charge in [-0.15, -0.1) is 5.10 Å². The lowest BCUT2D eigenvalue weighted by Crippen LogP contribution is -2.09. The number of aromatic nitrogens is 3. The molecule has 2 aromatic rings. The van der Waals surface area contributed by atoms with Crippen LogP contribution in [-0.4, -0.2) is 34.7 Å². The molecule has 0 aliphatic heterocycles. The van der Waals surface area contributed by atoms with Crippen LogP contribution in [0.4, 0.5) is 0 Å². The average Bonchev–Trinajstić information content (AvgIpc) is 2.87. The lowest BCUT2D eigenvalue weighted by molar-refractivity contribution is 0.0542. The molecule has 0 bridgehead atoms. The predicted molar refractivity (Wildman–Crippen MR) is 77.3 cm³/mol. The van der Waals surface area contributed by atoms with Crippen LogP contribution in [0.15, 0.2) is 36.9 Å². The normalized spacial score (nSPS) is 10.2. The van der Waals surface area contributed by atoms with Crippen LogP contribution in [0.2, 0.25) is 0 Å². The fraction of sp³-hybridized carbons (Fsp3) is 0.267. The van der Waals surface area contributed by atoms with Gasteiger partial charge in [0, 0.05) is 0 Å². The topological polar surface area (TPSA) is 66.2 Å². The fourth-order valence-corrected chi connectivity index (χ4v) is 1.81. The molecule has 1 aromatic carbocycles. The van der Waals surface area contributed by atoms with E-state index in [1.54, 1.807) is 18.7 Å². The number of carbonyl (C=O) groups is 1. The summed E-state index contributed by atoms with van der Waals surface area (Å²) in [7, 11) is 1.62. The molecule has 0 aliphatic carbocycles. The summed E-state index contributed by atoms with van der Waals surface area (Å²) in [5, 5.41) is 7.87. The van der Waals surface area contributed by atoms with Crippen LogP contribution in [0, 0.1) is 6.92 Å². The molecule has 0 atom stereocenters. The van der Waals surface area contributed by atoms with Crippen molar-refractivity contribution < 1.29 is 14.3 Å². The molecule has 0 saturated heterocycles. The summed E-state index contributed by atoms with van der Waals surface area (Å²) in [5.41, 5.74) is 1.93. The van der Waals surface area contributed by atoms with E-state index >= 15 is 0 Å². The van der Waals surface area contributed by atoms with Crippen LogP contribution in [0.3, 0.4) is 0 Å². The molecular weight excluding hydrogens is 270 g/mol. The third-order valence-corrected chi connectivity index (χ3v) is 3.00. The number of esters is 1. The number of rotatable bonds is 6. The molecule has 0 unspecified atom stereocenters. The van der Waals surface area contributed by atoms with E-state index in [4.69, 9.17) is 9.47 Å². The van der Waals surface area contributed by atoms with E-state index in [9.17, 15) is 4.79 Å². The van der Waals surface area contributed by atoms with Crippen molar-refractivity contribution in [1.82, 2.24) is 15.0 Å². The third kappa shape index (κ3) is 3.47. The number of nitrogens with zero attached hydrogens (tertiary/aromatic N) is 3. The first-order valence-corrected chi connectivity index (χ1v) is 6.46. The van der Waals surface area contributed by atoms with E-state index in [1.165, 1.54) is 6.08 Å². The molecule has 6 nitrogen and oxygen atoms in total. The largest absolute Gasteiger partial charge is 0.497 e. The van der Waals surface area contributed by atoms with Gasteiger partial charge in [-0.1, -0.05) is 30.0 Å². The zero-order valence-corrected chi connectivity index (χ0v) is 12.1. The molecule has 1 aromatic heterocycles. The molecule has 21 heavy (non-hydrogen) atoms. The van der Waals surface area contributed by atoms with Crippen LogP contribution in [0.1, 0.15) is 21.7 Å². The Hall–Kier alpha value is -2.63. The van der Waals surface area contributed by atoms with Crippen LogP contribution < -0.4 is 4.74 Å². The van der Waals surface area contributed by atoms with Crippen LogP contribution >= 0.6 is 0 Å². The van der Waals surface area contributed by atoms with Gasteiger partial charge in [-0.25, -0.2) is 9.48 Å². The van der Waals surface area contributed by atoms with E-state index in [0.717, 1.165) is 11.3 Å². The van der Waals surface area contributed by atoms with Crippen molar-refractivity contribution in [1.29, 1.82) is 0 Å². The highest BCUT2D eigenvalue weighted by molar-refractivity contribution is 5.88. The molecule has 110 valence electrons. The van der Waals surface area contributed by atoms with Crippen LogP contribution in [0.25, 0.3) is 0 Å². The molecule has 0 N–H and O–H groups in total. The average molecular weight is 287 g/mol. The minimum Gasteiger partial charge on any atom is -0.497 e. The van der Waals surface area contributed by atoms with Gasteiger partial charge in [0.2, 0.25) is 0 Å². The van der Waals surface area contributed by atoms with Crippen molar-refractivity contribution in [2.45, 2.75) is 13.5 Å². The van der Waals surface area contributed by atoms with Crippen molar-refractivity contribution in [2.24, 2.45) is 0 Å². The van der Waals surface area contributed by atoms with E-state index < -0.39 is 5.97 Å². The summed E-state index contributed by atoms with van der Waals surface area (Å²) in [5.74, 6) is 0.302. The maximum absolute atomic E-state index is 11.8. The van der Waals surface area contributed by atoms with Gasteiger partial charge >= 0.3 is 5.97 Å². The van der Waals surface area contributed by atoms with E-state index in [1.807, 2.05) is 24.3 Å². The van der Waals surface area contributed by atoms with Crippen molar-refractivity contribution in [2.75, 3.05) is 13.7 Å². The molecule has 1 heterocycles. The number of hydrogen-bond acceptors (Lipinski definition) is 5. The maximum Gasteiger partial charge on any atom is 0.361 e. The second kappa shape index (κ2) is 6.69. The quantitative estimate of drug-likeness (QED) is 0.600. The molecule has 6 heteroatoms. The van der Waals surface area contributed by atoms with Gasteiger partial charge in [-0.3, -0.25) is 0 Å². The highest BCUT2D eigenvalue weighted by atomic mass is 16.5. The van der Waals surface area contributed by atoms with Crippen molar-refractivity contribution in [3.05, 3.63) is 53.9 Å². The van der Waals surface area contributed by atoms with Gasteiger partial charge in [-0.2, -0.15) is 0 Å². The van der Waals surface area contributed by atoms with Crippen LogP contribution in [0.5, 0.6) is 5.75 Å². The number of ether oxygens (including phenoxy) is 2. The first-order chi connectivity index (χ1) is 10.2. The highest BCUT2D eigenvalue weighted by Crippen LogP contribution is 2.13. The van der Waals surface area contributed by atoms with Gasteiger partial charge < -0.3 is 9.47 Å². The van der Waals surface area contributed by atoms with Crippen molar-refractivity contribution in [3.63, 3.8) is 0 Å². The Morgan fingerprint density at radius 2 is 2.10 bits per heavy atom. The highest BCUT2D eigenvalue weighted by Gasteiger charge is 2.17. The second-order valence-corrected chi connectivity index (χ2v) is 4.42. The molecule has 0 radical (unpaired) electrons. The minimum absolute atomic E-state index is 0.156. The molecule has 0 amide bonds. The molecule has 0 saturated carbocycles. The van der Waals surface area contributed by atoms with E-state index in [0.29, 0.717) is 12.2 Å². The number of methoxy groups -OCH3 is 1. The maximum atomic E-state index is 11.8. The summed E-state index contributed by atoms with van der Waals surface area (Å²) >= 11 is 0. The van der Waals surface area contributed by atoms with Gasteiger partial charge in [0.25, 0.3) is 0 Å². The van der Waals surface area contributed by atoms with E-state index in [-0.39, 0.29) is 12.3 Å². The van der Waals surface area contributed by atoms with Gasteiger partial charge in [0.15, 0.2) is 5.69 Å². The summed E-state index contributed by atoms with van der Waals surface area (Å²) < 4.78 is 11.7. The lowest BCUT2D eigenvalue weighted by atomic mass is 10.2. The number of hydrogen-bond donors (Lipinski definition) is 0. The van der Waals surface area contributed by atoms with Gasteiger partial charge in [0.1, 0.15) is 12.4 Å². The van der Waals surface area contributed by atoms with Crippen molar-refractivity contribution in [3.8, 4) is 5.75 Å². The van der Waals surface area contributed by atoms with Gasteiger partial charge in [-0.05, 0) is 24.6 Å². The smallest absolute Gasteiger partial charge is 0.361 e. The Balaban J connectivity index is 2.12. The molecule has 2 rings (SSSR count). The van der Waals surface area contributed by atoms with Gasteiger partial charge in [0.05, 0.1) is 19.3 Å². The zero-order valence-electron chi connectivity index (χ0n) is 12.1. The molecule has 0 fully saturated rings. The van der Waals surface area contributed by atoms with Crippen LogP contribution in [-0.2, 0) is 11.3 Å².